The van der Waals surface area contributed by atoms with E-state index in [2.05, 4.69) is 4.98 Å². The second kappa shape index (κ2) is 5.49. The molecule has 0 saturated carbocycles. The Labute approximate surface area is 120 Å². The van der Waals surface area contributed by atoms with Gasteiger partial charge < -0.3 is 14.7 Å². The highest BCUT2D eigenvalue weighted by molar-refractivity contribution is 7.09. The molecular formula is C13H16N2O4S. The summed E-state index contributed by atoms with van der Waals surface area (Å²) >= 11 is 1.44. The van der Waals surface area contributed by atoms with E-state index in [1.54, 1.807) is 10.3 Å². The fourth-order valence-electron chi connectivity index (χ4n) is 2.61. The van der Waals surface area contributed by atoms with Gasteiger partial charge in [-0.05, 0) is 19.3 Å². The Morgan fingerprint density at radius 3 is 2.95 bits per heavy atom. The smallest absolute Gasteiger partial charge is 0.308 e. The minimum absolute atomic E-state index is 0.0203. The summed E-state index contributed by atoms with van der Waals surface area (Å²) in [7, 11) is 0. The van der Waals surface area contributed by atoms with Crippen molar-refractivity contribution < 1.29 is 19.4 Å². The first-order valence-electron chi connectivity index (χ1n) is 6.74. The third kappa shape index (κ3) is 2.55. The Balaban J connectivity index is 1.67. The van der Waals surface area contributed by atoms with Gasteiger partial charge >= 0.3 is 5.97 Å². The van der Waals surface area contributed by atoms with Crippen LogP contribution in [0.3, 0.4) is 0 Å². The summed E-state index contributed by atoms with van der Waals surface area (Å²) in [6.45, 7) is 1.52. The van der Waals surface area contributed by atoms with Gasteiger partial charge in [0.15, 0.2) is 0 Å². The number of aliphatic carboxylic acids is 1. The molecule has 1 aromatic rings. The van der Waals surface area contributed by atoms with Crippen molar-refractivity contribution >= 4 is 23.2 Å². The van der Waals surface area contributed by atoms with Crippen molar-refractivity contribution in [3.05, 3.63) is 16.1 Å². The molecule has 2 fully saturated rings. The van der Waals surface area contributed by atoms with Crippen LogP contribution in [0.15, 0.2) is 5.38 Å². The summed E-state index contributed by atoms with van der Waals surface area (Å²) in [4.78, 5) is 29.1. The molecule has 0 bridgehead atoms. The molecule has 0 spiro atoms. The molecule has 2 atom stereocenters. The van der Waals surface area contributed by atoms with Crippen LogP contribution in [0.1, 0.15) is 40.9 Å². The van der Waals surface area contributed by atoms with Crippen molar-refractivity contribution in [1.29, 1.82) is 0 Å². The van der Waals surface area contributed by atoms with Gasteiger partial charge in [-0.3, -0.25) is 9.59 Å². The highest BCUT2D eigenvalue weighted by Crippen LogP contribution is 2.31. The van der Waals surface area contributed by atoms with Crippen LogP contribution in [0.5, 0.6) is 0 Å². The molecule has 0 aromatic carbocycles. The van der Waals surface area contributed by atoms with E-state index in [9.17, 15) is 9.59 Å². The first-order valence-corrected chi connectivity index (χ1v) is 7.62. The molecule has 1 aromatic heterocycles. The minimum Gasteiger partial charge on any atom is -0.481 e. The molecule has 2 saturated heterocycles. The number of carboxylic acids is 1. The van der Waals surface area contributed by atoms with Gasteiger partial charge in [-0.2, -0.15) is 0 Å². The maximum Gasteiger partial charge on any atom is 0.308 e. The minimum atomic E-state index is -0.835. The van der Waals surface area contributed by atoms with E-state index in [0.29, 0.717) is 18.7 Å². The Kier molecular flexibility index (Phi) is 3.71. The topological polar surface area (TPSA) is 79.7 Å². The van der Waals surface area contributed by atoms with Crippen molar-refractivity contribution in [2.45, 2.75) is 25.4 Å². The summed E-state index contributed by atoms with van der Waals surface area (Å²) in [6, 6.07) is 0. The Morgan fingerprint density at radius 1 is 1.45 bits per heavy atom. The zero-order valence-corrected chi connectivity index (χ0v) is 11.8. The van der Waals surface area contributed by atoms with E-state index < -0.39 is 11.9 Å². The number of carbonyl (C=O) groups is 2. The summed E-state index contributed by atoms with van der Waals surface area (Å²) in [5.74, 6) is -1.46. The van der Waals surface area contributed by atoms with Gasteiger partial charge in [0.1, 0.15) is 16.8 Å². The Morgan fingerprint density at radius 2 is 2.30 bits per heavy atom. The van der Waals surface area contributed by atoms with Gasteiger partial charge in [0.2, 0.25) is 0 Å². The van der Waals surface area contributed by atoms with Crippen molar-refractivity contribution in [3.63, 3.8) is 0 Å². The second-order valence-corrected chi connectivity index (χ2v) is 6.04. The van der Waals surface area contributed by atoms with Gasteiger partial charge in [0.25, 0.3) is 5.91 Å². The number of rotatable bonds is 3. The summed E-state index contributed by atoms with van der Waals surface area (Å²) < 4.78 is 5.55. The molecule has 7 heteroatoms. The van der Waals surface area contributed by atoms with Crippen LogP contribution >= 0.6 is 11.3 Å². The number of ether oxygens (including phenoxy) is 1. The van der Waals surface area contributed by atoms with Crippen molar-refractivity contribution in [3.8, 4) is 0 Å². The zero-order chi connectivity index (χ0) is 14.1. The number of thiazole rings is 1. The number of hydrogen-bond donors (Lipinski definition) is 1. The second-order valence-electron chi connectivity index (χ2n) is 5.15. The molecule has 3 rings (SSSR count). The lowest BCUT2D eigenvalue weighted by molar-refractivity contribution is -0.141. The molecule has 0 radical (unpaired) electrons. The molecule has 2 aliphatic heterocycles. The van der Waals surface area contributed by atoms with E-state index in [-0.39, 0.29) is 18.6 Å². The Bertz CT molecular complexity index is 524. The lowest BCUT2D eigenvalue weighted by Crippen LogP contribution is -2.30. The number of amides is 1. The predicted molar refractivity (Wildman–Crippen MR) is 71.7 cm³/mol. The van der Waals surface area contributed by atoms with Crippen LogP contribution < -0.4 is 0 Å². The van der Waals surface area contributed by atoms with Crippen LogP contribution in [0.2, 0.25) is 0 Å². The lowest BCUT2D eigenvalue weighted by Gasteiger charge is -2.14. The van der Waals surface area contributed by atoms with Crippen LogP contribution in [-0.4, -0.2) is 46.6 Å². The van der Waals surface area contributed by atoms with Crippen LogP contribution in [0, 0.1) is 5.92 Å². The van der Waals surface area contributed by atoms with Crippen molar-refractivity contribution in [2.75, 3.05) is 19.7 Å². The number of carboxylic acid groups (broad SMARTS) is 1. The highest BCUT2D eigenvalue weighted by atomic mass is 32.1. The first kappa shape index (κ1) is 13.5. The fourth-order valence-corrected chi connectivity index (χ4v) is 3.49. The third-order valence-electron chi connectivity index (χ3n) is 3.77. The van der Waals surface area contributed by atoms with E-state index in [1.165, 1.54) is 11.3 Å². The standard InChI is InChI=1S/C13H16N2O4S/c16-12(15-4-3-8(6-15)13(17)18)9-7-20-11(14-9)10-2-1-5-19-10/h7-8,10H,1-6H2,(H,17,18). The lowest BCUT2D eigenvalue weighted by atomic mass is 10.1. The molecule has 1 N–H and O–H groups in total. The monoisotopic (exact) mass is 296 g/mol. The maximum atomic E-state index is 12.3. The fraction of sp³-hybridized carbons (Fsp3) is 0.615. The molecule has 2 aliphatic rings. The molecule has 20 heavy (non-hydrogen) atoms. The van der Waals surface area contributed by atoms with Gasteiger partial charge in [-0.25, -0.2) is 4.98 Å². The number of carbonyl (C=O) groups excluding carboxylic acids is 1. The van der Waals surface area contributed by atoms with Gasteiger partial charge in [-0.15, -0.1) is 11.3 Å². The Hall–Kier alpha value is -1.47. The van der Waals surface area contributed by atoms with Crippen LogP contribution in [0.4, 0.5) is 0 Å². The van der Waals surface area contributed by atoms with Crippen molar-refractivity contribution in [2.24, 2.45) is 5.92 Å². The number of likely N-dealkylation sites (tertiary alicyclic amines) is 1. The van der Waals surface area contributed by atoms with Gasteiger partial charge in [-0.1, -0.05) is 0 Å². The molecule has 6 nitrogen and oxygen atoms in total. The van der Waals surface area contributed by atoms with Crippen LogP contribution in [-0.2, 0) is 9.53 Å². The van der Waals surface area contributed by atoms with E-state index in [1.807, 2.05) is 0 Å². The number of aromatic nitrogens is 1. The van der Waals surface area contributed by atoms with E-state index in [4.69, 9.17) is 9.84 Å². The van der Waals surface area contributed by atoms with E-state index in [0.717, 1.165) is 24.5 Å². The molecule has 2 unspecified atom stereocenters. The van der Waals surface area contributed by atoms with Crippen LogP contribution in [0.25, 0.3) is 0 Å². The summed E-state index contributed by atoms with van der Waals surface area (Å²) in [5, 5.41) is 11.6. The SMILES string of the molecule is O=C(O)C1CCN(C(=O)c2csc(C3CCCO3)n2)C1. The maximum absolute atomic E-state index is 12.3. The molecule has 3 heterocycles. The predicted octanol–water partition coefficient (Wildman–Crippen LogP) is 1.54. The van der Waals surface area contributed by atoms with Crippen molar-refractivity contribution in [1.82, 2.24) is 9.88 Å². The number of hydrogen-bond acceptors (Lipinski definition) is 5. The summed E-state index contributed by atoms with van der Waals surface area (Å²) in [6.07, 6.45) is 2.52. The quantitative estimate of drug-likeness (QED) is 0.915. The highest BCUT2D eigenvalue weighted by Gasteiger charge is 2.32. The zero-order valence-electron chi connectivity index (χ0n) is 10.9. The molecular weight excluding hydrogens is 280 g/mol. The van der Waals surface area contributed by atoms with Gasteiger partial charge in [0, 0.05) is 25.1 Å². The first-order chi connectivity index (χ1) is 9.65. The average molecular weight is 296 g/mol. The average Bonchev–Trinajstić information content (AvgIpc) is 3.17. The number of nitrogens with zero attached hydrogens (tertiary/aromatic N) is 2. The van der Waals surface area contributed by atoms with Gasteiger partial charge in [0.05, 0.1) is 5.92 Å². The largest absolute Gasteiger partial charge is 0.481 e. The third-order valence-corrected chi connectivity index (χ3v) is 4.71. The summed E-state index contributed by atoms with van der Waals surface area (Å²) in [5.41, 5.74) is 0.409. The van der Waals surface area contributed by atoms with E-state index >= 15 is 0 Å². The molecule has 108 valence electrons. The normalized spacial score (nSPS) is 26.1. The molecule has 1 amide bonds. The molecule has 0 aliphatic carbocycles.